The van der Waals surface area contributed by atoms with Gasteiger partial charge in [-0.25, -0.2) is 4.79 Å². The minimum atomic E-state index is -0.655. The molecule has 1 aromatic heterocycles. The fourth-order valence-corrected chi connectivity index (χ4v) is 4.22. The van der Waals surface area contributed by atoms with Gasteiger partial charge in [0.05, 0.1) is 0 Å². The van der Waals surface area contributed by atoms with Gasteiger partial charge in [0.25, 0.3) is 5.91 Å². The van der Waals surface area contributed by atoms with Crippen LogP contribution in [-0.4, -0.2) is 44.6 Å². The fourth-order valence-electron chi connectivity index (χ4n) is 4.22. The van der Waals surface area contributed by atoms with Gasteiger partial charge in [-0.15, -0.1) is 0 Å². The number of urea groups is 1. The standard InChI is InChI=1S/C21H19N5O4/c27-18-4-3-17(19(28)24-18)26-11-13-7-15(1-2-16(13)20(26)29)23-21(30)25-9-12-5-6-22-8-14(12)10-25/h1-2,5-8,17H,3-4,9-11H2,(H,23,30)(H,24,27,28). The molecule has 0 saturated carbocycles. The Morgan fingerprint density at radius 1 is 1.07 bits per heavy atom. The molecule has 9 heteroatoms. The van der Waals surface area contributed by atoms with Crippen LogP contribution in [-0.2, 0) is 29.2 Å². The van der Waals surface area contributed by atoms with Crippen molar-refractivity contribution in [2.45, 2.75) is 38.5 Å². The summed E-state index contributed by atoms with van der Waals surface area (Å²) >= 11 is 0. The lowest BCUT2D eigenvalue weighted by atomic mass is 10.0. The van der Waals surface area contributed by atoms with Gasteiger partial charge in [0.2, 0.25) is 11.8 Å². The van der Waals surface area contributed by atoms with Crippen molar-refractivity contribution >= 4 is 29.4 Å². The van der Waals surface area contributed by atoms with Gasteiger partial charge in [-0.3, -0.25) is 24.7 Å². The number of nitrogens with one attached hydrogen (secondary N) is 2. The molecular weight excluding hydrogens is 386 g/mol. The Morgan fingerprint density at radius 3 is 2.70 bits per heavy atom. The maximum atomic E-state index is 12.8. The quantitative estimate of drug-likeness (QED) is 0.734. The Kier molecular flexibility index (Phi) is 4.23. The number of hydrogen-bond donors (Lipinski definition) is 2. The van der Waals surface area contributed by atoms with Crippen LogP contribution in [0.4, 0.5) is 10.5 Å². The van der Waals surface area contributed by atoms with Crippen molar-refractivity contribution in [2.24, 2.45) is 0 Å². The zero-order valence-electron chi connectivity index (χ0n) is 16.1. The number of piperidine rings is 1. The van der Waals surface area contributed by atoms with Crippen molar-refractivity contribution in [1.82, 2.24) is 20.1 Å². The lowest BCUT2D eigenvalue weighted by Crippen LogP contribution is -2.52. The second-order valence-corrected chi connectivity index (χ2v) is 7.70. The average molecular weight is 405 g/mol. The van der Waals surface area contributed by atoms with Crippen LogP contribution in [0.1, 0.15) is 39.9 Å². The second-order valence-electron chi connectivity index (χ2n) is 7.70. The highest BCUT2D eigenvalue weighted by Crippen LogP contribution is 2.30. The first-order chi connectivity index (χ1) is 14.5. The van der Waals surface area contributed by atoms with E-state index in [0.29, 0.717) is 30.8 Å². The number of amides is 5. The van der Waals surface area contributed by atoms with E-state index in [4.69, 9.17) is 0 Å². The molecule has 152 valence electrons. The Hall–Kier alpha value is -3.75. The molecule has 2 N–H and O–H groups in total. The zero-order chi connectivity index (χ0) is 20.8. The van der Waals surface area contributed by atoms with Gasteiger partial charge in [0, 0.05) is 49.7 Å². The van der Waals surface area contributed by atoms with E-state index in [1.54, 1.807) is 35.5 Å². The van der Waals surface area contributed by atoms with Crippen LogP contribution >= 0.6 is 0 Å². The number of benzene rings is 1. The third-order valence-electron chi connectivity index (χ3n) is 5.79. The van der Waals surface area contributed by atoms with E-state index in [2.05, 4.69) is 15.6 Å². The van der Waals surface area contributed by atoms with Crippen molar-refractivity contribution < 1.29 is 19.2 Å². The number of anilines is 1. The number of carbonyl (C=O) groups excluding carboxylic acids is 4. The van der Waals surface area contributed by atoms with Crippen LogP contribution in [0, 0.1) is 0 Å². The first kappa shape index (κ1) is 18.3. The summed E-state index contributed by atoms with van der Waals surface area (Å²) < 4.78 is 0. The number of carbonyl (C=O) groups is 4. The first-order valence-electron chi connectivity index (χ1n) is 9.75. The molecule has 3 aliphatic rings. The van der Waals surface area contributed by atoms with Crippen molar-refractivity contribution in [1.29, 1.82) is 0 Å². The molecule has 0 aliphatic carbocycles. The van der Waals surface area contributed by atoms with E-state index in [9.17, 15) is 19.2 Å². The third-order valence-corrected chi connectivity index (χ3v) is 5.79. The van der Waals surface area contributed by atoms with E-state index < -0.39 is 11.9 Å². The normalized spacial score (nSPS) is 20.1. The Balaban J connectivity index is 1.28. The summed E-state index contributed by atoms with van der Waals surface area (Å²) in [5.41, 5.74) is 3.96. The SMILES string of the molecule is O=C1CCC(N2Cc3cc(NC(=O)N4Cc5ccncc5C4)ccc3C2=O)C(=O)N1. The molecule has 30 heavy (non-hydrogen) atoms. The Labute approximate surface area is 172 Å². The van der Waals surface area contributed by atoms with Gasteiger partial charge < -0.3 is 15.1 Å². The lowest BCUT2D eigenvalue weighted by molar-refractivity contribution is -0.136. The molecule has 1 fully saturated rings. The summed E-state index contributed by atoms with van der Waals surface area (Å²) in [5.74, 6) is -0.992. The predicted octanol–water partition coefficient (Wildman–Crippen LogP) is 1.39. The van der Waals surface area contributed by atoms with E-state index in [0.717, 1.165) is 16.7 Å². The maximum absolute atomic E-state index is 12.8. The van der Waals surface area contributed by atoms with Crippen LogP contribution in [0.2, 0.25) is 0 Å². The number of imide groups is 1. The van der Waals surface area contributed by atoms with Gasteiger partial charge >= 0.3 is 6.03 Å². The number of aromatic nitrogens is 1. The zero-order valence-corrected chi connectivity index (χ0v) is 16.1. The van der Waals surface area contributed by atoms with Crippen molar-refractivity contribution in [3.63, 3.8) is 0 Å². The van der Waals surface area contributed by atoms with Gasteiger partial charge in [0.15, 0.2) is 0 Å². The third kappa shape index (κ3) is 3.08. The molecule has 1 aromatic carbocycles. The van der Waals surface area contributed by atoms with Crippen molar-refractivity contribution in [3.05, 3.63) is 58.9 Å². The van der Waals surface area contributed by atoms with E-state index in [1.807, 2.05) is 6.07 Å². The van der Waals surface area contributed by atoms with Crippen LogP contribution in [0.25, 0.3) is 0 Å². The van der Waals surface area contributed by atoms with Crippen molar-refractivity contribution in [3.8, 4) is 0 Å². The molecule has 9 nitrogen and oxygen atoms in total. The van der Waals surface area contributed by atoms with Gasteiger partial charge in [-0.1, -0.05) is 0 Å². The molecule has 4 heterocycles. The number of rotatable bonds is 2. The summed E-state index contributed by atoms with van der Waals surface area (Å²) in [7, 11) is 0. The van der Waals surface area contributed by atoms with Crippen LogP contribution in [0.15, 0.2) is 36.7 Å². The van der Waals surface area contributed by atoms with Crippen LogP contribution < -0.4 is 10.6 Å². The topological polar surface area (TPSA) is 112 Å². The van der Waals surface area contributed by atoms with E-state index in [-0.39, 0.29) is 30.8 Å². The summed E-state index contributed by atoms with van der Waals surface area (Å²) in [6.07, 6.45) is 4.02. The molecule has 3 aliphatic heterocycles. The highest BCUT2D eigenvalue weighted by Gasteiger charge is 2.39. The van der Waals surface area contributed by atoms with Crippen LogP contribution in [0.5, 0.6) is 0 Å². The molecular formula is C21H19N5O4. The molecule has 0 spiro atoms. The molecule has 5 rings (SSSR count). The molecule has 2 aromatic rings. The lowest BCUT2D eigenvalue weighted by Gasteiger charge is -2.29. The van der Waals surface area contributed by atoms with Crippen molar-refractivity contribution in [2.75, 3.05) is 5.32 Å². The summed E-state index contributed by atoms with van der Waals surface area (Å²) in [4.78, 5) is 56.2. The molecule has 1 unspecified atom stereocenters. The summed E-state index contributed by atoms with van der Waals surface area (Å²) in [5, 5.41) is 5.18. The maximum Gasteiger partial charge on any atom is 0.322 e. The van der Waals surface area contributed by atoms with E-state index in [1.165, 1.54) is 4.90 Å². The highest BCUT2D eigenvalue weighted by atomic mass is 16.2. The van der Waals surface area contributed by atoms with Gasteiger partial charge in [-0.2, -0.15) is 0 Å². The summed E-state index contributed by atoms with van der Waals surface area (Å²) in [6.45, 7) is 1.29. The van der Waals surface area contributed by atoms with Gasteiger partial charge in [-0.05, 0) is 47.4 Å². The molecule has 0 radical (unpaired) electrons. The van der Waals surface area contributed by atoms with Gasteiger partial charge in [0.1, 0.15) is 6.04 Å². The average Bonchev–Trinajstić information content (AvgIpc) is 3.29. The number of nitrogens with zero attached hydrogens (tertiary/aromatic N) is 3. The number of pyridine rings is 1. The minimum absolute atomic E-state index is 0.214. The van der Waals surface area contributed by atoms with Crippen LogP contribution in [0.3, 0.4) is 0 Å². The monoisotopic (exact) mass is 405 g/mol. The largest absolute Gasteiger partial charge is 0.322 e. The summed E-state index contributed by atoms with van der Waals surface area (Å²) in [6, 6.07) is 6.15. The fraction of sp³-hybridized carbons (Fsp3) is 0.286. The molecule has 5 amide bonds. The highest BCUT2D eigenvalue weighted by molar-refractivity contribution is 6.05. The molecule has 1 atom stereocenters. The Morgan fingerprint density at radius 2 is 1.90 bits per heavy atom. The number of hydrogen-bond acceptors (Lipinski definition) is 5. The first-order valence-corrected chi connectivity index (χ1v) is 9.75. The minimum Gasteiger partial charge on any atom is -0.322 e. The van der Waals surface area contributed by atoms with E-state index >= 15 is 0 Å². The Bertz CT molecular complexity index is 1070. The second kappa shape index (κ2) is 6.94. The predicted molar refractivity (Wildman–Crippen MR) is 105 cm³/mol. The smallest absolute Gasteiger partial charge is 0.322 e. The number of fused-ring (bicyclic) bond motifs is 2. The molecule has 0 bridgehead atoms. The molecule has 1 saturated heterocycles.